The molecule has 1 atom stereocenters. The number of anilines is 1. The van der Waals surface area contributed by atoms with E-state index < -0.39 is 16.1 Å². The van der Waals surface area contributed by atoms with Crippen LogP contribution in [-0.4, -0.2) is 38.0 Å². The number of sulfonamides is 1. The lowest BCUT2D eigenvalue weighted by Gasteiger charge is -2.48. The standard InChI is InChI=1S/C21H29N3O3S/c1-3-24-12-10-21(24,2)11-13-28(26,27)23-20(25)22-19-17-8-4-6-15(17)14-16-7-5-9-18(16)19/h11,13-14H,3-10,12H2,1-2H3,(H2,22,23,25). The van der Waals surface area contributed by atoms with Crippen LogP contribution in [0.3, 0.4) is 0 Å². The predicted molar refractivity (Wildman–Crippen MR) is 111 cm³/mol. The van der Waals surface area contributed by atoms with E-state index in [1.807, 2.05) is 6.92 Å². The van der Waals surface area contributed by atoms with Gasteiger partial charge in [-0.2, -0.15) is 0 Å². The summed E-state index contributed by atoms with van der Waals surface area (Å²) >= 11 is 0. The van der Waals surface area contributed by atoms with Crippen molar-refractivity contribution in [2.24, 2.45) is 0 Å². The number of fused-ring (bicyclic) bond motifs is 2. The predicted octanol–water partition coefficient (Wildman–Crippen LogP) is 3.11. The van der Waals surface area contributed by atoms with Gasteiger partial charge in [0.2, 0.25) is 0 Å². The Hall–Kier alpha value is -1.86. The summed E-state index contributed by atoms with van der Waals surface area (Å²) in [5.74, 6) is 0. The van der Waals surface area contributed by atoms with Crippen LogP contribution in [0.1, 0.15) is 55.4 Å². The monoisotopic (exact) mass is 403 g/mol. The SMILES string of the molecule is CCN1CCC1(C)C=CS(=O)(=O)NC(=O)Nc1c2c(cc3c1CCC3)CCC2. The van der Waals surface area contributed by atoms with Gasteiger partial charge in [0.25, 0.3) is 10.0 Å². The lowest BCUT2D eigenvalue weighted by molar-refractivity contribution is 0.0467. The first-order valence-corrected chi connectivity index (χ1v) is 11.8. The molecule has 1 unspecified atom stereocenters. The number of hydrogen-bond donors (Lipinski definition) is 2. The van der Waals surface area contributed by atoms with Crippen LogP contribution in [-0.2, 0) is 35.7 Å². The summed E-state index contributed by atoms with van der Waals surface area (Å²) < 4.78 is 27.0. The van der Waals surface area contributed by atoms with Gasteiger partial charge >= 0.3 is 6.03 Å². The van der Waals surface area contributed by atoms with Gasteiger partial charge < -0.3 is 5.32 Å². The molecule has 0 saturated carbocycles. The summed E-state index contributed by atoms with van der Waals surface area (Å²) in [5, 5.41) is 4.00. The number of likely N-dealkylation sites (N-methyl/N-ethyl adjacent to an activating group) is 1. The van der Waals surface area contributed by atoms with Gasteiger partial charge in [0.1, 0.15) is 0 Å². The quantitative estimate of drug-likeness (QED) is 0.792. The van der Waals surface area contributed by atoms with Crippen molar-refractivity contribution in [3.05, 3.63) is 39.8 Å². The van der Waals surface area contributed by atoms with Crippen LogP contribution < -0.4 is 10.0 Å². The highest BCUT2D eigenvalue weighted by Crippen LogP contribution is 2.38. The molecule has 0 aromatic heterocycles. The molecule has 2 amide bonds. The lowest BCUT2D eigenvalue weighted by Crippen LogP contribution is -2.56. The molecule has 2 N–H and O–H groups in total. The molecule has 0 radical (unpaired) electrons. The molecule has 1 heterocycles. The van der Waals surface area contributed by atoms with Crippen LogP contribution in [0.25, 0.3) is 0 Å². The molecule has 1 aromatic carbocycles. The highest BCUT2D eigenvalue weighted by Gasteiger charge is 2.37. The summed E-state index contributed by atoms with van der Waals surface area (Å²) in [6.45, 7) is 5.92. The Balaban J connectivity index is 1.48. The Morgan fingerprint density at radius 2 is 1.82 bits per heavy atom. The van der Waals surface area contributed by atoms with E-state index >= 15 is 0 Å². The van der Waals surface area contributed by atoms with Gasteiger partial charge in [-0.05, 0) is 80.7 Å². The van der Waals surface area contributed by atoms with Gasteiger partial charge in [0, 0.05) is 23.2 Å². The van der Waals surface area contributed by atoms with Gasteiger partial charge in [-0.3, -0.25) is 4.90 Å². The molecule has 7 heteroatoms. The maximum absolute atomic E-state index is 12.5. The Labute approximate surface area is 167 Å². The summed E-state index contributed by atoms with van der Waals surface area (Å²) in [4.78, 5) is 14.7. The number of carbonyl (C=O) groups is 1. The van der Waals surface area contributed by atoms with Crippen molar-refractivity contribution in [1.29, 1.82) is 0 Å². The van der Waals surface area contributed by atoms with Crippen LogP contribution in [0.15, 0.2) is 17.6 Å². The van der Waals surface area contributed by atoms with E-state index in [4.69, 9.17) is 0 Å². The topological polar surface area (TPSA) is 78.5 Å². The van der Waals surface area contributed by atoms with Crippen LogP contribution in [0, 0.1) is 0 Å². The third kappa shape index (κ3) is 3.57. The van der Waals surface area contributed by atoms with Crippen molar-refractivity contribution in [1.82, 2.24) is 9.62 Å². The van der Waals surface area contributed by atoms with E-state index in [0.29, 0.717) is 0 Å². The zero-order chi connectivity index (χ0) is 19.9. The lowest BCUT2D eigenvalue weighted by atomic mass is 9.87. The zero-order valence-corrected chi connectivity index (χ0v) is 17.5. The van der Waals surface area contributed by atoms with Crippen molar-refractivity contribution in [2.75, 3.05) is 18.4 Å². The summed E-state index contributed by atoms with van der Waals surface area (Å²) in [5.41, 5.74) is 5.57. The van der Waals surface area contributed by atoms with E-state index in [-0.39, 0.29) is 5.54 Å². The van der Waals surface area contributed by atoms with E-state index in [1.165, 1.54) is 22.3 Å². The molecule has 1 fully saturated rings. The van der Waals surface area contributed by atoms with Crippen molar-refractivity contribution in [3.8, 4) is 0 Å². The highest BCUT2D eigenvalue weighted by molar-refractivity contribution is 7.92. The molecule has 0 bridgehead atoms. The molecule has 1 aromatic rings. The highest BCUT2D eigenvalue weighted by atomic mass is 32.2. The number of benzene rings is 1. The van der Waals surface area contributed by atoms with Gasteiger partial charge in [0.05, 0.1) is 0 Å². The molecule has 6 nitrogen and oxygen atoms in total. The third-order valence-corrected chi connectivity index (χ3v) is 7.51. The maximum atomic E-state index is 12.5. The first-order valence-electron chi connectivity index (χ1n) is 10.3. The first-order chi connectivity index (χ1) is 13.3. The number of aryl methyl sites for hydroxylation is 2. The van der Waals surface area contributed by atoms with E-state index in [0.717, 1.165) is 69.1 Å². The van der Waals surface area contributed by atoms with Gasteiger partial charge in [-0.25, -0.2) is 17.9 Å². The number of hydrogen-bond acceptors (Lipinski definition) is 4. The number of rotatable bonds is 5. The molecule has 2 aliphatic carbocycles. The number of urea groups is 1. The second-order valence-electron chi connectivity index (χ2n) is 8.32. The van der Waals surface area contributed by atoms with E-state index in [9.17, 15) is 13.2 Å². The maximum Gasteiger partial charge on any atom is 0.333 e. The zero-order valence-electron chi connectivity index (χ0n) is 16.7. The molecule has 0 spiro atoms. The Morgan fingerprint density at radius 1 is 1.18 bits per heavy atom. The normalized spacial score (nSPS) is 24.1. The van der Waals surface area contributed by atoms with Crippen molar-refractivity contribution >= 4 is 21.7 Å². The minimum absolute atomic E-state index is 0.249. The molecule has 1 saturated heterocycles. The van der Waals surface area contributed by atoms with Crippen molar-refractivity contribution in [3.63, 3.8) is 0 Å². The van der Waals surface area contributed by atoms with Gasteiger partial charge in [0.15, 0.2) is 0 Å². The Morgan fingerprint density at radius 3 is 2.36 bits per heavy atom. The number of likely N-dealkylation sites (tertiary alicyclic amines) is 1. The van der Waals surface area contributed by atoms with Crippen molar-refractivity contribution in [2.45, 2.75) is 64.3 Å². The molecule has 4 rings (SSSR count). The number of amides is 2. The fourth-order valence-electron chi connectivity index (χ4n) is 4.84. The second-order valence-corrected chi connectivity index (χ2v) is 9.89. The van der Waals surface area contributed by atoms with Gasteiger partial charge in [-0.1, -0.05) is 19.1 Å². The Bertz CT molecular complexity index is 904. The average Bonchev–Trinajstić information content (AvgIpc) is 3.27. The molecular formula is C21H29N3O3S. The fourth-order valence-corrected chi connectivity index (χ4v) is 5.69. The molecule has 3 aliphatic rings. The minimum Gasteiger partial charge on any atom is -0.307 e. The molecular weight excluding hydrogens is 374 g/mol. The fraction of sp³-hybridized carbons (Fsp3) is 0.571. The number of nitrogens with zero attached hydrogens (tertiary/aromatic N) is 1. The average molecular weight is 404 g/mol. The smallest absolute Gasteiger partial charge is 0.307 e. The Kier molecular flexibility index (Phi) is 5.00. The summed E-state index contributed by atoms with van der Waals surface area (Å²) in [7, 11) is -3.84. The van der Waals surface area contributed by atoms with Crippen LogP contribution in [0.5, 0.6) is 0 Å². The largest absolute Gasteiger partial charge is 0.333 e. The second kappa shape index (κ2) is 7.19. The van der Waals surface area contributed by atoms with E-state index in [1.54, 1.807) is 6.08 Å². The number of nitrogens with one attached hydrogen (secondary N) is 2. The number of carbonyl (C=O) groups excluding carboxylic acids is 1. The van der Waals surface area contributed by atoms with Crippen LogP contribution in [0.4, 0.5) is 10.5 Å². The minimum atomic E-state index is -3.84. The molecule has 1 aliphatic heterocycles. The summed E-state index contributed by atoms with van der Waals surface area (Å²) in [6.07, 6.45) is 8.73. The molecule has 152 valence electrons. The third-order valence-electron chi connectivity index (χ3n) is 6.54. The van der Waals surface area contributed by atoms with Crippen molar-refractivity contribution < 1.29 is 13.2 Å². The van der Waals surface area contributed by atoms with Crippen LogP contribution in [0.2, 0.25) is 0 Å². The van der Waals surface area contributed by atoms with E-state index in [2.05, 4.69) is 27.9 Å². The first kappa shape index (κ1) is 19.5. The summed E-state index contributed by atoms with van der Waals surface area (Å²) in [6, 6.07) is 1.61. The van der Waals surface area contributed by atoms with Crippen LogP contribution >= 0.6 is 0 Å². The molecule has 28 heavy (non-hydrogen) atoms. The van der Waals surface area contributed by atoms with Gasteiger partial charge in [-0.15, -0.1) is 0 Å².